The molecule has 0 aromatic heterocycles. The van der Waals surface area contributed by atoms with Crippen LogP contribution >= 0.6 is 0 Å². The number of carbonyl (C=O) groups is 1. The largest absolute Gasteiger partial charge is 0.490 e. The van der Waals surface area contributed by atoms with Gasteiger partial charge in [-0.25, -0.2) is 0 Å². The Labute approximate surface area is 124 Å². The second-order valence-electron chi connectivity index (χ2n) is 5.63. The molecule has 3 rings (SSSR count). The molecule has 4 nitrogen and oxygen atoms in total. The molecule has 21 heavy (non-hydrogen) atoms. The van der Waals surface area contributed by atoms with Crippen molar-refractivity contribution in [3.63, 3.8) is 0 Å². The van der Waals surface area contributed by atoms with Crippen molar-refractivity contribution in [3.8, 4) is 5.75 Å². The molecular formula is C17H20N2O2. The topological polar surface area (TPSA) is 64.3 Å². The number of hydrogen-bond acceptors (Lipinski definition) is 3. The smallest absolute Gasteiger partial charge is 0.241 e. The van der Waals surface area contributed by atoms with E-state index in [2.05, 4.69) is 5.32 Å². The van der Waals surface area contributed by atoms with Crippen LogP contribution < -0.4 is 15.8 Å². The molecule has 0 aliphatic heterocycles. The number of ether oxygens (including phenoxy) is 1. The standard InChI is InChI=1S/C17H20N2O2/c1-19-17(16(18)20,13-9-10-13)11-21-15-8-4-6-12-5-2-3-7-14(12)15/h2-8,13,19H,9-11H2,1H3,(H2,18,20). The number of amides is 1. The number of fused-ring (bicyclic) bond motifs is 1. The first-order chi connectivity index (χ1) is 10.2. The number of carbonyl (C=O) groups excluding carboxylic acids is 1. The lowest BCUT2D eigenvalue weighted by Gasteiger charge is -2.30. The number of likely N-dealkylation sites (N-methyl/N-ethyl adjacent to an activating group) is 1. The van der Waals surface area contributed by atoms with Gasteiger partial charge in [0.2, 0.25) is 5.91 Å². The van der Waals surface area contributed by atoms with E-state index in [1.807, 2.05) is 42.5 Å². The van der Waals surface area contributed by atoms with E-state index in [1.54, 1.807) is 7.05 Å². The molecule has 3 N–H and O–H groups in total. The Bertz CT molecular complexity index is 661. The summed E-state index contributed by atoms with van der Waals surface area (Å²) >= 11 is 0. The second-order valence-corrected chi connectivity index (χ2v) is 5.63. The molecule has 0 saturated heterocycles. The van der Waals surface area contributed by atoms with Crippen molar-refractivity contribution in [2.45, 2.75) is 18.4 Å². The molecule has 1 amide bonds. The molecule has 2 aromatic carbocycles. The van der Waals surface area contributed by atoms with Gasteiger partial charge in [0.25, 0.3) is 0 Å². The zero-order chi connectivity index (χ0) is 14.9. The van der Waals surface area contributed by atoms with Crippen LogP contribution in [0.5, 0.6) is 5.75 Å². The molecule has 4 heteroatoms. The van der Waals surface area contributed by atoms with E-state index >= 15 is 0 Å². The van der Waals surface area contributed by atoms with E-state index in [0.717, 1.165) is 29.4 Å². The molecule has 1 aliphatic rings. The summed E-state index contributed by atoms with van der Waals surface area (Å²) in [6, 6.07) is 14.0. The third-order valence-corrected chi connectivity index (χ3v) is 4.37. The summed E-state index contributed by atoms with van der Waals surface area (Å²) in [5.74, 6) is 0.720. The Hall–Kier alpha value is -2.07. The van der Waals surface area contributed by atoms with Crippen molar-refractivity contribution in [1.29, 1.82) is 0 Å². The van der Waals surface area contributed by atoms with Crippen LogP contribution in [0.2, 0.25) is 0 Å². The summed E-state index contributed by atoms with van der Waals surface area (Å²) in [7, 11) is 1.77. The fraction of sp³-hybridized carbons (Fsp3) is 0.353. The molecule has 0 spiro atoms. The van der Waals surface area contributed by atoms with Crippen molar-refractivity contribution in [2.24, 2.45) is 11.7 Å². The third kappa shape index (κ3) is 2.47. The van der Waals surface area contributed by atoms with Gasteiger partial charge in [-0.15, -0.1) is 0 Å². The Morgan fingerprint density at radius 2 is 2.00 bits per heavy atom. The van der Waals surface area contributed by atoms with Crippen molar-refractivity contribution in [2.75, 3.05) is 13.7 Å². The molecule has 1 saturated carbocycles. The average Bonchev–Trinajstić information content (AvgIpc) is 3.33. The van der Waals surface area contributed by atoms with E-state index in [1.165, 1.54) is 0 Å². The van der Waals surface area contributed by atoms with Gasteiger partial charge in [0.05, 0.1) is 0 Å². The molecule has 110 valence electrons. The molecule has 2 aromatic rings. The van der Waals surface area contributed by atoms with Gasteiger partial charge in [-0.1, -0.05) is 36.4 Å². The van der Waals surface area contributed by atoms with Crippen molar-refractivity contribution in [1.82, 2.24) is 5.32 Å². The van der Waals surface area contributed by atoms with Crippen LogP contribution in [-0.2, 0) is 4.79 Å². The monoisotopic (exact) mass is 284 g/mol. The van der Waals surface area contributed by atoms with E-state index in [-0.39, 0.29) is 18.4 Å². The van der Waals surface area contributed by atoms with Crippen LogP contribution in [-0.4, -0.2) is 25.1 Å². The lowest BCUT2D eigenvalue weighted by Crippen LogP contribution is -2.59. The molecule has 0 heterocycles. The van der Waals surface area contributed by atoms with Gasteiger partial charge in [0.15, 0.2) is 0 Å². The first-order valence-electron chi connectivity index (χ1n) is 7.27. The summed E-state index contributed by atoms with van der Waals surface area (Å²) < 4.78 is 5.97. The summed E-state index contributed by atoms with van der Waals surface area (Å²) in [5, 5.41) is 5.26. The number of primary amides is 1. The SMILES string of the molecule is CNC(COc1cccc2ccccc12)(C(N)=O)C1CC1. The third-order valence-electron chi connectivity index (χ3n) is 4.37. The fourth-order valence-corrected chi connectivity index (χ4v) is 2.88. The summed E-state index contributed by atoms with van der Waals surface area (Å²) in [5.41, 5.74) is 4.85. The Kier molecular flexibility index (Phi) is 3.55. The van der Waals surface area contributed by atoms with Crippen LogP contribution in [0.1, 0.15) is 12.8 Å². The maximum atomic E-state index is 11.9. The van der Waals surface area contributed by atoms with E-state index in [9.17, 15) is 4.79 Å². The maximum Gasteiger partial charge on any atom is 0.241 e. The molecule has 1 aliphatic carbocycles. The number of nitrogens with one attached hydrogen (secondary N) is 1. The van der Waals surface area contributed by atoms with Gasteiger partial charge in [-0.2, -0.15) is 0 Å². The predicted molar refractivity (Wildman–Crippen MR) is 83.2 cm³/mol. The van der Waals surface area contributed by atoms with Crippen LogP contribution in [0.25, 0.3) is 10.8 Å². The summed E-state index contributed by atoms with van der Waals surface area (Å²) in [4.78, 5) is 11.9. The highest BCUT2D eigenvalue weighted by Gasteiger charge is 2.49. The Balaban J connectivity index is 1.87. The molecule has 0 radical (unpaired) electrons. The highest BCUT2D eigenvalue weighted by molar-refractivity contribution is 5.88. The van der Waals surface area contributed by atoms with E-state index in [0.29, 0.717) is 0 Å². The minimum atomic E-state index is -0.767. The number of nitrogens with two attached hydrogens (primary N) is 1. The lowest BCUT2D eigenvalue weighted by molar-refractivity contribution is -0.126. The van der Waals surface area contributed by atoms with Gasteiger partial charge < -0.3 is 15.8 Å². The zero-order valence-corrected chi connectivity index (χ0v) is 12.1. The Morgan fingerprint density at radius 1 is 1.29 bits per heavy atom. The van der Waals surface area contributed by atoms with Gasteiger partial charge in [-0.05, 0) is 37.3 Å². The number of hydrogen-bond donors (Lipinski definition) is 2. The molecule has 0 bridgehead atoms. The minimum Gasteiger partial charge on any atom is -0.490 e. The average molecular weight is 284 g/mol. The number of benzene rings is 2. The molecule has 1 fully saturated rings. The zero-order valence-electron chi connectivity index (χ0n) is 12.1. The maximum absolute atomic E-state index is 11.9. The van der Waals surface area contributed by atoms with Crippen molar-refractivity contribution in [3.05, 3.63) is 42.5 Å². The highest BCUT2D eigenvalue weighted by atomic mass is 16.5. The second kappa shape index (κ2) is 5.37. The van der Waals surface area contributed by atoms with E-state index < -0.39 is 5.54 Å². The van der Waals surface area contributed by atoms with Crippen LogP contribution in [0.15, 0.2) is 42.5 Å². The minimum absolute atomic E-state index is 0.261. The number of rotatable bonds is 6. The van der Waals surface area contributed by atoms with Gasteiger partial charge in [0, 0.05) is 5.39 Å². The first-order valence-corrected chi connectivity index (χ1v) is 7.27. The normalized spacial score (nSPS) is 17.4. The van der Waals surface area contributed by atoms with Crippen LogP contribution in [0, 0.1) is 5.92 Å². The van der Waals surface area contributed by atoms with Gasteiger partial charge in [0.1, 0.15) is 17.9 Å². The quantitative estimate of drug-likeness (QED) is 0.853. The summed E-state index contributed by atoms with van der Waals surface area (Å²) in [6.07, 6.45) is 2.03. The van der Waals surface area contributed by atoms with E-state index in [4.69, 9.17) is 10.5 Å². The van der Waals surface area contributed by atoms with Crippen molar-refractivity contribution < 1.29 is 9.53 Å². The summed E-state index contributed by atoms with van der Waals surface area (Å²) in [6.45, 7) is 0.261. The van der Waals surface area contributed by atoms with Crippen LogP contribution in [0.3, 0.4) is 0 Å². The predicted octanol–water partition coefficient (Wildman–Crippen LogP) is 2.07. The Morgan fingerprint density at radius 3 is 2.67 bits per heavy atom. The van der Waals surface area contributed by atoms with Gasteiger partial charge in [-0.3, -0.25) is 4.79 Å². The van der Waals surface area contributed by atoms with Gasteiger partial charge >= 0.3 is 0 Å². The molecule has 1 atom stereocenters. The lowest BCUT2D eigenvalue weighted by atomic mass is 9.93. The molecular weight excluding hydrogens is 264 g/mol. The first kappa shape index (κ1) is 13.9. The van der Waals surface area contributed by atoms with Crippen molar-refractivity contribution >= 4 is 16.7 Å². The molecule has 1 unspecified atom stereocenters. The highest BCUT2D eigenvalue weighted by Crippen LogP contribution is 2.40. The fourth-order valence-electron chi connectivity index (χ4n) is 2.88. The van der Waals surface area contributed by atoms with Crippen LogP contribution in [0.4, 0.5) is 0 Å².